The first-order chi connectivity index (χ1) is 10.7. The fourth-order valence-electron chi connectivity index (χ4n) is 2.20. The molecule has 22 heavy (non-hydrogen) atoms. The van der Waals surface area contributed by atoms with Gasteiger partial charge in [-0.25, -0.2) is 0 Å². The molecule has 0 radical (unpaired) electrons. The van der Waals surface area contributed by atoms with Crippen molar-refractivity contribution in [2.24, 2.45) is 0 Å². The average molecular weight is 324 g/mol. The fraction of sp³-hybridized carbons (Fsp3) is 0.357. The molecule has 8 heteroatoms. The number of halogens is 1. The summed E-state index contributed by atoms with van der Waals surface area (Å²) in [5, 5.41) is 10.7. The van der Waals surface area contributed by atoms with E-state index in [0.717, 1.165) is 11.1 Å². The number of imidazole rings is 1. The van der Waals surface area contributed by atoms with Crippen LogP contribution in [0.4, 0.5) is 5.82 Å². The van der Waals surface area contributed by atoms with Crippen LogP contribution >= 0.6 is 11.6 Å². The van der Waals surface area contributed by atoms with Gasteiger partial charge >= 0.3 is 11.8 Å². The Hall–Kier alpha value is -2.12. The first kappa shape index (κ1) is 14.8. The molecular weight excluding hydrogens is 310 g/mol. The lowest BCUT2D eigenvalue weighted by Crippen LogP contribution is -2.32. The molecule has 2 heterocycles. The topological polar surface area (TPSA) is 79.4 Å². The second-order valence-corrected chi connectivity index (χ2v) is 5.25. The van der Waals surface area contributed by atoms with Crippen molar-refractivity contribution in [1.29, 1.82) is 0 Å². The Morgan fingerprint density at radius 3 is 2.82 bits per heavy atom. The Labute approximate surface area is 131 Å². The van der Waals surface area contributed by atoms with Gasteiger partial charge in [-0.05, 0) is 16.1 Å². The molecule has 0 N–H and O–H groups in total. The lowest BCUT2D eigenvalue weighted by atomic mass is 10.2. The molecule has 2 aromatic rings. The smallest absolute Gasteiger partial charge is 0.414 e. The molecule has 1 aliphatic rings. The van der Waals surface area contributed by atoms with E-state index in [0.29, 0.717) is 25.6 Å². The van der Waals surface area contributed by atoms with Crippen LogP contribution in [0.25, 0.3) is 0 Å². The van der Waals surface area contributed by atoms with Gasteiger partial charge in [0.2, 0.25) is 0 Å². The Morgan fingerprint density at radius 2 is 2.14 bits per heavy atom. The van der Waals surface area contributed by atoms with Crippen LogP contribution in [0.3, 0.4) is 0 Å². The van der Waals surface area contributed by atoms with E-state index >= 15 is 0 Å². The summed E-state index contributed by atoms with van der Waals surface area (Å²) >= 11 is 5.75. The molecule has 0 fully saturated rings. The first-order valence-electron chi connectivity index (χ1n) is 6.75. The minimum Gasteiger partial charge on any atom is -0.443 e. The molecule has 7 nitrogen and oxygen atoms in total. The van der Waals surface area contributed by atoms with Crippen LogP contribution in [0.2, 0.25) is 0 Å². The van der Waals surface area contributed by atoms with Crippen molar-refractivity contribution in [3.63, 3.8) is 0 Å². The summed E-state index contributed by atoms with van der Waals surface area (Å²) in [5.74, 6) is 0.270. The number of ether oxygens (including phenoxy) is 2. The van der Waals surface area contributed by atoms with Crippen molar-refractivity contribution in [2.75, 3.05) is 6.61 Å². The summed E-state index contributed by atoms with van der Waals surface area (Å²) in [7, 11) is 0. The number of alkyl halides is 1. The Bertz CT molecular complexity index is 671. The molecule has 116 valence electrons. The van der Waals surface area contributed by atoms with Crippen molar-refractivity contribution < 1.29 is 14.4 Å². The third-order valence-corrected chi connectivity index (χ3v) is 3.68. The summed E-state index contributed by atoms with van der Waals surface area (Å²) in [6, 6.07) is 8.11. The summed E-state index contributed by atoms with van der Waals surface area (Å²) in [5.41, 5.74) is 2.10. The maximum absolute atomic E-state index is 10.7. The van der Waals surface area contributed by atoms with Crippen molar-refractivity contribution >= 4 is 17.4 Å². The highest BCUT2D eigenvalue weighted by molar-refractivity contribution is 6.17. The molecule has 1 aromatic heterocycles. The van der Waals surface area contributed by atoms with Crippen LogP contribution in [0, 0.1) is 10.1 Å². The zero-order valence-corrected chi connectivity index (χ0v) is 12.4. The number of fused-ring (bicyclic) bond motifs is 1. The molecule has 0 saturated carbocycles. The first-order valence-corrected chi connectivity index (χ1v) is 7.29. The molecular formula is C14H14ClN3O4. The maximum Gasteiger partial charge on any atom is 0.414 e. The van der Waals surface area contributed by atoms with Crippen LogP contribution in [-0.2, 0) is 23.8 Å². The van der Waals surface area contributed by atoms with E-state index < -0.39 is 4.92 Å². The van der Waals surface area contributed by atoms with E-state index in [1.807, 2.05) is 24.3 Å². The second-order valence-electron chi connectivity index (χ2n) is 4.99. The monoisotopic (exact) mass is 323 g/mol. The van der Waals surface area contributed by atoms with Crippen molar-refractivity contribution in [3.05, 3.63) is 51.7 Å². The summed E-state index contributed by atoms with van der Waals surface area (Å²) < 4.78 is 12.8. The van der Waals surface area contributed by atoms with E-state index in [1.54, 1.807) is 4.57 Å². The largest absolute Gasteiger partial charge is 0.443 e. The van der Waals surface area contributed by atoms with E-state index in [-0.39, 0.29) is 17.9 Å². The second kappa shape index (κ2) is 6.33. The van der Waals surface area contributed by atoms with Gasteiger partial charge in [-0.2, -0.15) is 0 Å². The van der Waals surface area contributed by atoms with Crippen molar-refractivity contribution in [2.45, 2.75) is 25.1 Å². The van der Waals surface area contributed by atoms with Gasteiger partial charge in [-0.15, -0.1) is 11.6 Å². The average Bonchev–Trinajstić information content (AvgIpc) is 2.97. The highest BCUT2D eigenvalue weighted by Gasteiger charge is 2.28. The van der Waals surface area contributed by atoms with Gasteiger partial charge in [0.05, 0.1) is 13.2 Å². The number of nitrogens with zero attached hydrogens (tertiary/aromatic N) is 3. The molecule has 0 spiro atoms. The highest BCUT2D eigenvalue weighted by atomic mass is 35.5. The predicted molar refractivity (Wildman–Crippen MR) is 79.0 cm³/mol. The number of hydrogen-bond acceptors (Lipinski definition) is 5. The third kappa shape index (κ3) is 3.20. The lowest BCUT2D eigenvalue weighted by molar-refractivity contribution is -0.389. The maximum atomic E-state index is 10.7. The Kier molecular flexibility index (Phi) is 4.26. The molecule has 0 amide bonds. The van der Waals surface area contributed by atoms with Gasteiger partial charge in [0.1, 0.15) is 18.9 Å². The summed E-state index contributed by atoms with van der Waals surface area (Å²) in [6.07, 6.45) is 1.19. The molecule has 1 aromatic carbocycles. The number of aromatic nitrogens is 2. The lowest BCUT2D eigenvalue weighted by Gasteiger charge is -2.22. The molecule has 3 rings (SSSR count). The molecule has 0 saturated heterocycles. The van der Waals surface area contributed by atoms with Crippen molar-refractivity contribution in [1.82, 2.24) is 9.55 Å². The zero-order valence-electron chi connectivity index (χ0n) is 11.6. The number of hydrogen-bond donors (Lipinski definition) is 0. The number of rotatable bonds is 5. The van der Waals surface area contributed by atoms with Gasteiger partial charge in [0, 0.05) is 10.9 Å². The van der Waals surface area contributed by atoms with Gasteiger partial charge in [0.15, 0.2) is 0 Å². The minimum absolute atomic E-state index is 0.172. The SMILES string of the molecule is O=[N+]([O-])c1cn2c(n1)OC[C@@H](OCc1ccc(CCl)cc1)C2. The standard InChI is InChI=1S/C14H14ClN3O4/c15-5-10-1-3-11(4-2-10)8-21-12-6-17-7-13(18(19)20)16-14(17)22-9-12/h1-4,7,12H,5-6,8-9H2/t12-/m0/s1. The number of benzene rings is 1. The summed E-state index contributed by atoms with van der Waals surface area (Å²) in [6.45, 7) is 1.26. The Balaban J connectivity index is 1.58. The molecule has 0 unspecified atom stereocenters. The van der Waals surface area contributed by atoms with Crippen LogP contribution in [0.5, 0.6) is 6.01 Å². The van der Waals surface area contributed by atoms with Crippen LogP contribution in [-0.4, -0.2) is 27.2 Å². The highest BCUT2D eigenvalue weighted by Crippen LogP contribution is 2.22. The van der Waals surface area contributed by atoms with E-state index in [1.165, 1.54) is 6.20 Å². The van der Waals surface area contributed by atoms with E-state index in [2.05, 4.69) is 4.98 Å². The zero-order chi connectivity index (χ0) is 15.5. The van der Waals surface area contributed by atoms with E-state index in [4.69, 9.17) is 21.1 Å². The fourth-order valence-corrected chi connectivity index (χ4v) is 2.38. The Morgan fingerprint density at radius 1 is 1.41 bits per heavy atom. The number of nitro groups is 1. The molecule has 0 aliphatic carbocycles. The van der Waals surface area contributed by atoms with Gasteiger partial charge in [0.25, 0.3) is 0 Å². The van der Waals surface area contributed by atoms with Gasteiger partial charge in [-0.3, -0.25) is 4.57 Å². The van der Waals surface area contributed by atoms with E-state index in [9.17, 15) is 10.1 Å². The normalized spacial score (nSPS) is 16.9. The predicted octanol–water partition coefficient (Wildman–Crippen LogP) is 2.51. The molecule has 0 bridgehead atoms. The summed E-state index contributed by atoms with van der Waals surface area (Å²) in [4.78, 5) is 14.0. The minimum atomic E-state index is -0.539. The van der Waals surface area contributed by atoms with Crippen LogP contribution in [0.15, 0.2) is 30.5 Å². The molecule has 1 aliphatic heterocycles. The van der Waals surface area contributed by atoms with Gasteiger partial charge in [-0.1, -0.05) is 24.3 Å². The van der Waals surface area contributed by atoms with Crippen molar-refractivity contribution in [3.8, 4) is 6.01 Å². The van der Waals surface area contributed by atoms with Crippen LogP contribution < -0.4 is 4.74 Å². The van der Waals surface area contributed by atoms with Gasteiger partial charge < -0.3 is 19.6 Å². The third-order valence-electron chi connectivity index (χ3n) is 3.38. The quantitative estimate of drug-likeness (QED) is 0.480. The van der Waals surface area contributed by atoms with Crippen LogP contribution in [0.1, 0.15) is 11.1 Å². The molecule has 1 atom stereocenters.